The minimum Gasteiger partial charge on any atom is -0.496 e. The van der Waals surface area contributed by atoms with Crippen LogP contribution in [0.5, 0.6) is 17.2 Å². The number of ether oxygens (including phenoxy) is 3. The summed E-state index contributed by atoms with van der Waals surface area (Å²) in [7, 11) is 3.10. The van der Waals surface area contributed by atoms with Crippen molar-refractivity contribution < 1.29 is 23.8 Å². The Morgan fingerprint density at radius 3 is 2.08 bits per heavy atom. The highest BCUT2D eigenvalue weighted by Gasteiger charge is 2.30. The Balaban J connectivity index is 1.90. The van der Waals surface area contributed by atoms with Gasteiger partial charge in [0.2, 0.25) is 5.91 Å². The minimum absolute atomic E-state index is 0.186. The summed E-state index contributed by atoms with van der Waals surface area (Å²) in [5.74, 6) is 1.07. The summed E-state index contributed by atoms with van der Waals surface area (Å²) < 4.78 is 16.5. The van der Waals surface area contributed by atoms with Gasteiger partial charge >= 0.3 is 0 Å². The van der Waals surface area contributed by atoms with Crippen LogP contribution in [0, 0.1) is 6.92 Å². The lowest BCUT2D eigenvalue weighted by atomic mass is 10.0. The second-order valence-corrected chi connectivity index (χ2v) is 8.84. The fraction of sp³-hybridized carbons (Fsp3) is 0.333. The number of hydrogen-bond acceptors (Lipinski definition) is 5. The summed E-state index contributed by atoms with van der Waals surface area (Å²) in [4.78, 5) is 28.6. The summed E-state index contributed by atoms with van der Waals surface area (Å²) >= 11 is 0. The van der Waals surface area contributed by atoms with E-state index in [4.69, 9.17) is 14.2 Å². The second kappa shape index (κ2) is 13.9. The van der Waals surface area contributed by atoms with Gasteiger partial charge in [-0.1, -0.05) is 67.1 Å². The molecule has 3 rings (SSSR count). The molecule has 0 bridgehead atoms. The van der Waals surface area contributed by atoms with E-state index in [0.717, 1.165) is 23.1 Å². The van der Waals surface area contributed by atoms with Crippen LogP contribution in [-0.4, -0.2) is 50.1 Å². The molecule has 0 aliphatic heterocycles. The quantitative estimate of drug-likeness (QED) is 0.369. The van der Waals surface area contributed by atoms with Gasteiger partial charge in [-0.3, -0.25) is 9.59 Å². The predicted octanol–water partition coefficient (Wildman–Crippen LogP) is 4.56. The third-order valence-electron chi connectivity index (χ3n) is 5.98. The van der Waals surface area contributed by atoms with Crippen molar-refractivity contribution in [3.05, 3.63) is 89.5 Å². The maximum atomic E-state index is 13.7. The zero-order valence-corrected chi connectivity index (χ0v) is 22.0. The Morgan fingerprint density at radius 1 is 0.865 bits per heavy atom. The number of carbonyl (C=O) groups excluding carboxylic acids is 2. The molecule has 0 unspecified atom stereocenters. The van der Waals surface area contributed by atoms with Gasteiger partial charge in [0.1, 0.15) is 23.3 Å². The normalized spacial score (nSPS) is 11.4. The molecule has 0 aromatic heterocycles. The highest BCUT2D eigenvalue weighted by Crippen LogP contribution is 2.27. The first-order valence-corrected chi connectivity index (χ1v) is 12.5. The zero-order chi connectivity index (χ0) is 26.6. The van der Waals surface area contributed by atoms with Crippen LogP contribution in [0.25, 0.3) is 0 Å². The number of carbonyl (C=O) groups is 2. The number of amides is 2. The molecule has 0 radical (unpaired) electrons. The van der Waals surface area contributed by atoms with Crippen molar-refractivity contribution >= 4 is 11.8 Å². The summed E-state index contributed by atoms with van der Waals surface area (Å²) in [5.41, 5.74) is 3.03. The lowest BCUT2D eigenvalue weighted by molar-refractivity contribution is -0.142. The number of nitrogens with zero attached hydrogens (tertiary/aromatic N) is 1. The molecule has 196 valence electrons. The molecule has 7 heteroatoms. The van der Waals surface area contributed by atoms with Gasteiger partial charge in [0.25, 0.3) is 5.91 Å². The Hall–Kier alpha value is -4.00. The first kappa shape index (κ1) is 27.6. The number of nitrogens with one attached hydrogen (secondary N) is 1. The van der Waals surface area contributed by atoms with E-state index in [9.17, 15) is 9.59 Å². The van der Waals surface area contributed by atoms with Gasteiger partial charge in [0.15, 0.2) is 6.61 Å². The third kappa shape index (κ3) is 8.27. The van der Waals surface area contributed by atoms with E-state index in [1.54, 1.807) is 37.3 Å². The van der Waals surface area contributed by atoms with E-state index in [1.165, 1.54) is 0 Å². The molecule has 1 N–H and O–H groups in total. The monoisotopic (exact) mass is 504 g/mol. The molecule has 0 spiro atoms. The predicted molar refractivity (Wildman–Crippen MR) is 144 cm³/mol. The second-order valence-electron chi connectivity index (χ2n) is 8.84. The first-order valence-electron chi connectivity index (χ1n) is 12.5. The largest absolute Gasteiger partial charge is 0.496 e. The highest BCUT2D eigenvalue weighted by atomic mass is 16.5. The SMILES string of the molecule is CCCNC(=O)[C@H](Cc1ccccc1)N(Cc1ccc(C)cc1)C(=O)COc1cc(OC)cc(OC)c1. The molecule has 0 aliphatic rings. The number of benzene rings is 3. The molecule has 2 amide bonds. The molecule has 0 aliphatic carbocycles. The molecule has 7 nitrogen and oxygen atoms in total. The van der Waals surface area contributed by atoms with Gasteiger partial charge in [-0.05, 0) is 24.5 Å². The average molecular weight is 505 g/mol. The van der Waals surface area contributed by atoms with Crippen molar-refractivity contribution in [1.82, 2.24) is 10.2 Å². The topological polar surface area (TPSA) is 77.1 Å². The summed E-state index contributed by atoms with van der Waals surface area (Å²) in [6.45, 7) is 4.59. The molecule has 0 saturated heterocycles. The zero-order valence-electron chi connectivity index (χ0n) is 22.0. The van der Waals surface area contributed by atoms with E-state index in [2.05, 4.69) is 5.32 Å². The smallest absolute Gasteiger partial charge is 0.261 e. The van der Waals surface area contributed by atoms with Gasteiger partial charge in [-0.2, -0.15) is 0 Å². The van der Waals surface area contributed by atoms with Crippen molar-refractivity contribution in [2.45, 2.75) is 39.3 Å². The molecular weight excluding hydrogens is 468 g/mol. The van der Waals surface area contributed by atoms with Crippen LogP contribution in [0.3, 0.4) is 0 Å². The number of aryl methyl sites for hydroxylation is 1. The van der Waals surface area contributed by atoms with Crippen LogP contribution in [0.4, 0.5) is 0 Å². The molecule has 1 atom stereocenters. The fourth-order valence-electron chi connectivity index (χ4n) is 3.90. The van der Waals surface area contributed by atoms with Crippen molar-refractivity contribution in [2.24, 2.45) is 0 Å². The minimum atomic E-state index is -0.703. The first-order chi connectivity index (χ1) is 17.9. The third-order valence-corrected chi connectivity index (χ3v) is 5.98. The lowest BCUT2D eigenvalue weighted by Crippen LogP contribution is -2.51. The molecule has 3 aromatic carbocycles. The van der Waals surface area contributed by atoms with Crippen molar-refractivity contribution in [1.29, 1.82) is 0 Å². The van der Waals surface area contributed by atoms with Crippen molar-refractivity contribution in [3.63, 3.8) is 0 Å². The summed E-state index contributed by atoms with van der Waals surface area (Å²) in [6, 6.07) is 22.1. The van der Waals surface area contributed by atoms with E-state index in [0.29, 0.717) is 30.2 Å². The summed E-state index contributed by atoms with van der Waals surface area (Å²) in [6.07, 6.45) is 1.19. The fourth-order valence-corrected chi connectivity index (χ4v) is 3.90. The van der Waals surface area contributed by atoms with Gasteiger partial charge < -0.3 is 24.4 Å². The van der Waals surface area contributed by atoms with E-state index < -0.39 is 6.04 Å². The number of methoxy groups -OCH3 is 2. The van der Waals surface area contributed by atoms with Crippen LogP contribution in [0.1, 0.15) is 30.0 Å². The van der Waals surface area contributed by atoms with Crippen LogP contribution in [0.15, 0.2) is 72.8 Å². The van der Waals surface area contributed by atoms with Gasteiger partial charge in [0, 0.05) is 37.7 Å². The standard InChI is InChI=1S/C30H36N2O5/c1-5-15-31-30(34)28(16-23-9-7-6-8-10-23)32(20-24-13-11-22(2)12-14-24)29(33)21-37-27-18-25(35-3)17-26(19-27)36-4/h6-14,17-19,28H,5,15-16,20-21H2,1-4H3,(H,31,34)/t28-/m0/s1. The van der Waals surface area contributed by atoms with Gasteiger partial charge in [0.05, 0.1) is 14.2 Å². The maximum absolute atomic E-state index is 13.7. The van der Waals surface area contributed by atoms with Crippen LogP contribution < -0.4 is 19.5 Å². The van der Waals surface area contributed by atoms with Crippen molar-refractivity contribution in [2.75, 3.05) is 27.4 Å². The van der Waals surface area contributed by atoms with Gasteiger partial charge in [-0.15, -0.1) is 0 Å². The molecule has 0 saturated carbocycles. The Morgan fingerprint density at radius 2 is 1.49 bits per heavy atom. The van der Waals surface area contributed by atoms with Crippen LogP contribution in [-0.2, 0) is 22.6 Å². The lowest BCUT2D eigenvalue weighted by Gasteiger charge is -2.31. The molecule has 3 aromatic rings. The van der Waals surface area contributed by atoms with Crippen LogP contribution in [0.2, 0.25) is 0 Å². The number of rotatable bonds is 13. The molecule has 37 heavy (non-hydrogen) atoms. The Kier molecular flexibility index (Phi) is 10.4. The van der Waals surface area contributed by atoms with E-state index in [1.807, 2.05) is 68.4 Å². The Labute approximate surface area is 219 Å². The van der Waals surface area contributed by atoms with Crippen LogP contribution >= 0.6 is 0 Å². The molecular formula is C30H36N2O5. The molecule has 0 heterocycles. The number of hydrogen-bond donors (Lipinski definition) is 1. The molecule has 0 fully saturated rings. The van der Waals surface area contributed by atoms with E-state index in [-0.39, 0.29) is 25.0 Å². The van der Waals surface area contributed by atoms with E-state index >= 15 is 0 Å². The summed E-state index contributed by atoms with van der Waals surface area (Å²) in [5, 5.41) is 2.98. The maximum Gasteiger partial charge on any atom is 0.261 e. The van der Waals surface area contributed by atoms with Crippen molar-refractivity contribution in [3.8, 4) is 17.2 Å². The Bertz CT molecular complexity index is 1130. The van der Waals surface area contributed by atoms with Gasteiger partial charge in [-0.25, -0.2) is 0 Å². The average Bonchev–Trinajstić information content (AvgIpc) is 2.93. The highest BCUT2D eigenvalue weighted by molar-refractivity contribution is 5.88.